The Hall–Kier alpha value is -3.80. The van der Waals surface area contributed by atoms with Crippen molar-refractivity contribution < 1.29 is 19.0 Å². The quantitative estimate of drug-likeness (QED) is 0.128. The Kier molecular flexibility index (Phi) is 10.5. The van der Waals surface area contributed by atoms with Crippen molar-refractivity contribution in [2.75, 3.05) is 0 Å². The van der Waals surface area contributed by atoms with Gasteiger partial charge < -0.3 is 14.2 Å². The molecule has 0 heterocycles. The van der Waals surface area contributed by atoms with Crippen molar-refractivity contribution in [2.24, 2.45) is 0 Å². The second-order valence-corrected chi connectivity index (χ2v) is 12.4. The summed E-state index contributed by atoms with van der Waals surface area (Å²) < 4.78 is 19.1. The first-order valence-corrected chi connectivity index (χ1v) is 15.0. The number of hydrogen-bond donors (Lipinski definition) is 0. The van der Waals surface area contributed by atoms with E-state index in [-0.39, 0.29) is 38.4 Å². The number of aryl methyl sites for hydroxylation is 2. The third-order valence-corrected chi connectivity index (χ3v) is 8.04. The van der Waals surface area contributed by atoms with Gasteiger partial charge in [0.25, 0.3) is 0 Å². The zero-order chi connectivity index (χ0) is 29.7. The van der Waals surface area contributed by atoms with Crippen LogP contribution in [-0.2, 0) is 5.41 Å². The van der Waals surface area contributed by atoms with Gasteiger partial charge in [-0.05, 0) is 80.9 Å². The Labute approximate surface area is 268 Å². The summed E-state index contributed by atoms with van der Waals surface area (Å²) in [4.78, 5) is 14.1. The van der Waals surface area contributed by atoms with Gasteiger partial charge in [0, 0.05) is 17.7 Å². The molecule has 0 radical (unpaired) electrons. The van der Waals surface area contributed by atoms with Crippen molar-refractivity contribution >= 4 is 38.3 Å². The van der Waals surface area contributed by atoms with E-state index in [4.69, 9.17) is 14.2 Å². The fourth-order valence-electron chi connectivity index (χ4n) is 4.70. The standard InChI is InChI=1S/C37H35O4P.Li.H/c1-25-21-27(37(3,4)5)22-26(2)34(25)36(38)42-35-32(40-29-17-11-7-12-18-29)23-31(39-28-15-9-6-10-16-28)24-33(35)41-30-19-13-8-14-20-30;;/h6-24,42H,1-5H3;;. The van der Waals surface area contributed by atoms with Crippen LogP contribution in [0.2, 0.25) is 0 Å². The van der Waals surface area contributed by atoms with Crippen LogP contribution in [0, 0.1) is 13.8 Å². The van der Waals surface area contributed by atoms with E-state index in [0.29, 0.717) is 39.8 Å². The van der Waals surface area contributed by atoms with Crippen molar-refractivity contribution in [3.8, 4) is 34.5 Å². The minimum absolute atomic E-state index is 0. The number of carbonyl (C=O) groups excluding carboxylic acids is 1. The van der Waals surface area contributed by atoms with Gasteiger partial charge in [0.2, 0.25) is 0 Å². The van der Waals surface area contributed by atoms with Gasteiger partial charge >= 0.3 is 18.9 Å². The van der Waals surface area contributed by atoms with Crippen LogP contribution in [0.1, 0.15) is 47.8 Å². The van der Waals surface area contributed by atoms with Crippen LogP contribution < -0.4 is 19.5 Å². The molecule has 0 aliphatic heterocycles. The molecular weight excluding hydrogens is 546 g/mol. The number of carbonyl (C=O) groups is 1. The first-order chi connectivity index (χ1) is 20.2. The normalized spacial score (nSPS) is 11.2. The number of rotatable bonds is 9. The topological polar surface area (TPSA) is 44.8 Å². The number of ether oxygens (including phenoxy) is 3. The van der Waals surface area contributed by atoms with Gasteiger partial charge in [0.1, 0.15) is 34.5 Å². The van der Waals surface area contributed by atoms with Crippen LogP contribution in [-0.4, -0.2) is 24.4 Å². The van der Waals surface area contributed by atoms with Crippen molar-refractivity contribution in [3.05, 3.63) is 138 Å². The van der Waals surface area contributed by atoms with E-state index in [1.165, 1.54) is 5.56 Å². The van der Waals surface area contributed by atoms with Crippen LogP contribution in [0.25, 0.3) is 0 Å². The maximum atomic E-state index is 14.1. The van der Waals surface area contributed by atoms with Crippen molar-refractivity contribution in [1.29, 1.82) is 0 Å². The first-order valence-electron chi connectivity index (χ1n) is 14.0. The van der Waals surface area contributed by atoms with Crippen molar-refractivity contribution in [3.63, 3.8) is 0 Å². The predicted octanol–water partition coefficient (Wildman–Crippen LogP) is 9.47. The average molecular weight is 583 g/mol. The van der Waals surface area contributed by atoms with Gasteiger partial charge in [-0.2, -0.15) is 0 Å². The minimum atomic E-state index is -0.247. The van der Waals surface area contributed by atoms with Crippen LogP contribution in [0.4, 0.5) is 0 Å². The molecule has 0 aliphatic rings. The van der Waals surface area contributed by atoms with E-state index in [9.17, 15) is 4.79 Å². The Bertz CT molecular complexity index is 1600. The van der Waals surface area contributed by atoms with E-state index in [1.54, 1.807) is 0 Å². The SMILES string of the molecule is Cc1cc(C(C)(C)C)cc(C)c1C(=O)Pc1c(Oc2ccccc2)cc(Oc2ccccc2)cc1Oc1ccccc1.[LiH]. The molecule has 0 saturated carbocycles. The molecular formula is C37H36LiO4P. The predicted molar refractivity (Wildman–Crippen MR) is 180 cm³/mol. The average Bonchev–Trinajstić information content (AvgIpc) is 2.95. The number of hydrogen-bond acceptors (Lipinski definition) is 4. The molecule has 5 aromatic carbocycles. The molecule has 4 nitrogen and oxygen atoms in total. The summed E-state index contributed by atoms with van der Waals surface area (Å²) in [6.45, 7) is 10.6. The van der Waals surface area contributed by atoms with Crippen LogP contribution >= 0.6 is 8.58 Å². The Morgan fingerprint density at radius 2 is 0.977 bits per heavy atom. The Morgan fingerprint density at radius 3 is 1.37 bits per heavy atom. The molecule has 5 rings (SSSR count). The summed E-state index contributed by atoms with van der Waals surface area (Å²) in [5.41, 5.74) is 3.90. The van der Waals surface area contributed by atoms with Crippen LogP contribution in [0.15, 0.2) is 115 Å². The van der Waals surface area contributed by atoms with E-state index < -0.39 is 0 Å². The molecule has 0 spiro atoms. The van der Waals surface area contributed by atoms with Crippen LogP contribution in [0.3, 0.4) is 0 Å². The van der Waals surface area contributed by atoms with Gasteiger partial charge in [-0.3, -0.25) is 4.79 Å². The van der Waals surface area contributed by atoms with Crippen molar-refractivity contribution in [2.45, 2.75) is 40.0 Å². The summed E-state index contributed by atoms with van der Waals surface area (Å²) >= 11 is 0. The Balaban J connectivity index is 0.00000423. The maximum absolute atomic E-state index is 14.1. The first kappa shape index (κ1) is 32.1. The monoisotopic (exact) mass is 582 g/mol. The molecule has 1 atom stereocenters. The molecule has 0 N–H and O–H groups in total. The fraction of sp³-hybridized carbons (Fsp3) is 0.162. The number of para-hydroxylation sites is 3. The van der Waals surface area contributed by atoms with Gasteiger partial charge in [0.15, 0.2) is 5.52 Å². The molecule has 43 heavy (non-hydrogen) atoms. The second-order valence-electron chi connectivity index (χ2n) is 11.2. The van der Waals surface area contributed by atoms with Gasteiger partial charge in [0.05, 0.1) is 5.30 Å². The van der Waals surface area contributed by atoms with E-state index >= 15 is 0 Å². The molecule has 0 amide bonds. The van der Waals surface area contributed by atoms with Crippen molar-refractivity contribution in [1.82, 2.24) is 0 Å². The summed E-state index contributed by atoms with van der Waals surface area (Å²) in [5, 5.41) is 0.673. The molecule has 0 aromatic heterocycles. The molecule has 0 fully saturated rings. The molecule has 214 valence electrons. The zero-order valence-electron chi connectivity index (χ0n) is 24.6. The summed E-state index contributed by atoms with van der Waals surface area (Å²) in [7, 11) is -0.247. The summed E-state index contributed by atoms with van der Waals surface area (Å²) in [6, 6.07) is 36.5. The molecule has 0 aliphatic carbocycles. The molecule has 1 unspecified atom stereocenters. The molecule has 0 bridgehead atoms. The molecule has 0 saturated heterocycles. The van der Waals surface area contributed by atoms with Gasteiger partial charge in [-0.15, -0.1) is 0 Å². The van der Waals surface area contributed by atoms with E-state index in [1.807, 2.05) is 117 Å². The zero-order valence-corrected chi connectivity index (χ0v) is 25.6. The third kappa shape index (κ3) is 8.18. The third-order valence-electron chi connectivity index (χ3n) is 6.82. The van der Waals surface area contributed by atoms with Gasteiger partial charge in [-0.1, -0.05) is 87.5 Å². The molecule has 6 heteroatoms. The van der Waals surface area contributed by atoms with E-state index in [2.05, 4.69) is 32.9 Å². The van der Waals surface area contributed by atoms with Gasteiger partial charge in [-0.25, -0.2) is 0 Å². The number of benzene rings is 5. The van der Waals surface area contributed by atoms with E-state index in [0.717, 1.165) is 16.7 Å². The summed E-state index contributed by atoms with van der Waals surface area (Å²) in [5.74, 6) is 3.55. The summed E-state index contributed by atoms with van der Waals surface area (Å²) in [6.07, 6.45) is 0. The fourth-order valence-corrected chi connectivity index (χ4v) is 5.93. The Morgan fingerprint density at radius 1 is 0.581 bits per heavy atom. The van der Waals surface area contributed by atoms with Crippen LogP contribution in [0.5, 0.6) is 34.5 Å². The molecule has 5 aromatic rings. The second kappa shape index (κ2) is 14.1.